The molecule has 2 saturated heterocycles. The molecule has 2 N–H and O–H groups in total. The molecule has 10 heteroatoms. The third-order valence-corrected chi connectivity index (χ3v) is 7.12. The highest BCUT2D eigenvalue weighted by atomic mass is 15.3. The Morgan fingerprint density at radius 3 is 2.65 bits per heavy atom. The van der Waals surface area contributed by atoms with Crippen LogP contribution in [0.2, 0.25) is 0 Å². The number of hydrogen-bond acceptors (Lipinski definition) is 8. The predicted octanol–water partition coefficient (Wildman–Crippen LogP) is 3.39. The van der Waals surface area contributed by atoms with Crippen LogP contribution < -0.4 is 10.2 Å². The number of fused-ring (bicyclic) bond motifs is 2. The molecule has 5 rings (SSSR count). The van der Waals surface area contributed by atoms with Gasteiger partial charge < -0.3 is 10.2 Å². The van der Waals surface area contributed by atoms with Crippen molar-refractivity contribution in [1.29, 1.82) is 5.26 Å². The first-order valence-electron chi connectivity index (χ1n) is 12.0. The third kappa shape index (κ3) is 4.61. The second-order valence-corrected chi connectivity index (χ2v) is 9.52. The molecule has 178 valence electrons. The number of aryl methyl sites for hydroxylation is 2. The largest absolute Gasteiger partial charge is 0.341 e. The molecule has 3 atom stereocenters. The number of hydrogen-bond donors (Lipinski definition) is 2. The Balaban J connectivity index is 1.42. The Bertz CT molecular complexity index is 1160. The molecular formula is C24H32N10. The number of nitrogens with one attached hydrogen (secondary N) is 2. The summed E-state index contributed by atoms with van der Waals surface area (Å²) >= 11 is 0. The van der Waals surface area contributed by atoms with Crippen molar-refractivity contribution in [1.82, 2.24) is 34.8 Å². The lowest BCUT2D eigenvalue weighted by atomic mass is 9.81. The maximum atomic E-state index is 9.08. The maximum absolute atomic E-state index is 9.08. The molecule has 2 aliphatic rings. The van der Waals surface area contributed by atoms with E-state index in [0.29, 0.717) is 36.3 Å². The molecule has 2 aliphatic heterocycles. The summed E-state index contributed by atoms with van der Waals surface area (Å²) in [4.78, 5) is 14.6. The van der Waals surface area contributed by atoms with Crippen LogP contribution in [0.4, 0.5) is 17.6 Å². The van der Waals surface area contributed by atoms with Gasteiger partial charge in [-0.2, -0.15) is 20.4 Å². The van der Waals surface area contributed by atoms with Crippen molar-refractivity contribution < 1.29 is 0 Å². The van der Waals surface area contributed by atoms with Crippen LogP contribution in [0.1, 0.15) is 44.2 Å². The van der Waals surface area contributed by atoms with E-state index in [1.807, 2.05) is 38.5 Å². The molecule has 0 aromatic carbocycles. The molecule has 0 aliphatic carbocycles. The number of H-pyrrole nitrogens is 1. The number of aromatic nitrogens is 6. The van der Waals surface area contributed by atoms with Gasteiger partial charge in [-0.05, 0) is 32.6 Å². The predicted molar refractivity (Wildman–Crippen MR) is 131 cm³/mol. The summed E-state index contributed by atoms with van der Waals surface area (Å²) in [5.41, 5.74) is 2.76. The topological polar surface area (TPSA) is 115 Å². The van der Waals surface area contributed by atoms with Gasteiger partial charge in [-0.15, -0.1) is 0 Å². The Kier molecular flexibility index (Phi) is 6.20. The summed E-state index contributed by atoms with van der Waals surface area (Å²) in [6, 6.07) is 7.63. The monoisotopic (exact) mass is 460 g/mol. The quantitative estimate of drug-likeness (QED) is 0.551. The Morgan fingerprint density at radius 2 is 2.00 bits per heavy atom. The van der Waals surface area contributed by atoms with Crippen LogP contribution in [0.25, 0.3) is 11.3 Å². The van der Waals surface area contributed by atoms with Crippen LogP contribution >= 0.6 is 0 Å². The van der Waals surface area contributed by atoms with Gasteiger partial charge in [-0.25, -0.2) is 4.98 Å². The van der Waals surface area contributed by atoms with Crippen molar-refractivity contribution in [3.8, 4) is 17.3 Å². The minimum Gasteiger partial charge on any atom is -0.341 e. The molecule has 3 aromatic heterocycles. The minimum absolute atomic E-state index is 0.360. The Morgan fingerprint density at radius 1 is 1.21 bits per heavy atom. The first-order valence-corrected chi connectivity index (χ1v) is 12.0. The standard InChI is InChI=1S/C24H32N10/c1-16-10-23(31-30-16)28-22-13-21(17-14-26-32(2)15-17)27-24(29-22)33(3)20-11-18-6-4-7-19(12-20)34(18)9-5-8-25/h10,13-15,18-20H,4-7,9,11-12H2,1-3H3,(H2,27,28,29,30,31)/t18-,19+,20-. The Hall–Kier alpha value is -3.45. The molecule has 2 fully saturated rings. The molecular weight excluding hydrogens is 428 g/mol. The molecule has 0 amide bonds. The van der Waals surface area contributed by atoms with Gasteiger partial charge in [0.1, 0.15) is 5.82 Å². The van der Waals surface area contributed by atoms with Crippen LogP contribution in [-0.4, -0.2) is 66.6 Å². The van der Waals surface area contributed by atoms with Crippen molar-refractivity contribution >= 4 is 17.6 Å². The second kappa shape index (κ2) is 9.43. The Labute approximate surface area is 200 Å². The number of nitriles is 1. The van der Waals surface area contributed by atoms with E-state index < -0.39 is 0 Å². The normalized spacial score (nSPS) is 22.4. The summed E-state index contributed by atoms with van der Waals surface area (Å²) in [6.45, 7) is 2.85. The van der Waals surface area contributed by atoms with Gasteiger partial charge in [0.25, 0.3) is 0 Å². The summed E-state index contributed by atoms with van der Waals surface area (Å²) in [5.74, 6) is 2.13. The lowest BCUT2D eigenvalue weighted by molar-refractivity contribution is 0.0326. The molecule has 10 nitrogen and oxygen atoms in total. The van der Waals surface area contributed by atoms with Crippen LogP contribution in [-0.2, 0) is 7.05 Å². The number of nitrogens with zero attached hydrogens (tertiary/aromatic N) is 8. The first kappa shape index (κ1) is 22.3. The van der Waals surface area contributed by atoms with Crippen LogP contribution in [0.15, 0.2) is 24.5 Å². The van der Waals surface area contributed by atoms with Gasteiger partial charge in [0.15, 0.2) is 5.82 Å². The fraction of sp³-hybridized carbons (Fsp3) is 0.542. The van der Waals surface area contributed by atoms with E-state index in [1.54, 1.807) is 4.68 Å². The summed E-state index contributed by atoms with van der Waals surface area (Å²) in [6.07, 6.45) is 10.2. The fourth-order valence-corrected chi connectivity index (χ4v) is 5.44. The van der Waals surface area contributed by atoms with Gasteiger partial charge in [0.05, 0.1) is 18.0 Å². The van der Waals surface area contributed by atoms with Crippen molar-refractivity contribution in [3.05, 3.63) is 30.2 Å². The zero-order valence-corrected chi connectivity index (χ0v) is 20.1. The number of piperidine rings is 2. The van der Waals surface area contributed by atoms with E-state index in [0.717, 1.165) is 42.2 Å². The van der Waals surface area contributed by atoms with Gasteiger partial charge in [-0.3, -0.25) is 14.7 Å². The zero-order valence-electron chi connectivity index (χ0n) is 20.1. The minimum atomic E-state index is 0.360. The van der Waals surface area contributed by atoms with Crippen molar-refractivity contribution in [2.24, 2.45) is 7.05 Å². The molecule has 2 bridgehead atoms. The number of anilines is 3. The van der Waals surface area contributed by atoms with Crippen molar-refractivity contribution in [2.45, 2.75) is 63.6 Å². The average molecular weight is 461 g/mol. The van der Waals surface area contributed by atoms with Crippen molar-refractivity contribution in [2.75, 3.05) is 23.8 Å². The fourth-order valence-electron chi connectivity index (χ4n) is 5.44. The maximum Gasteiger partial charge on any atom is 0.227 e. The van der Waals surface area contributed by atoms with E-state index in [1.165, 1.54) is 19.3 Å². The smallest absolute Gasteiger partial charge is 0.227 e. The highest BCUT2D eigenvalue weighted by molar-refractivity contribution is 5.66. The lowest BCUT2D eigenvalue weighted by Crippen LogP contribution is -2.56. The van der Waals surface area contributed by atoms with Crippen LogP contribution in [0.5, 0.6) is 0 Å². The molecule has 0 spiro atoms. The molecule has 0 saturated carbocycles. The van der Waals surface area contributed by atoms with Gasteiger partial charge >= 0.3 is 0 Å². The molecule has 3 aromatic rings. The average Bonchev–Trinajstić information content (AvgIpc) is 3.44. The van der Waals surface area contributed by atoms with E-state index in [2.05, 4.69) is 43.5 Å². The molecule has 34 heavy (non-hydrogen) atoms. The lowest BCUT2D eigenvalue weighted by Gasteiger charge is -2.50. The van der Waals surface area contributed by atoms with Crippen LogP contribution in [0.3, 0.4) is 0 Å². The third-order valence-electron chi connectivity index (χ3n) is 7.12. The molecule has 0 radical (unpaired) electrons. The highest BCUT2D eigenvalue weighted by Crippen LogP contribution is 2.37. The van der Waals surface area contributed by atoms with E-state index in [4.69, 9.17) is 15.2 Å². The molecule has 0 unspecified atom stereocenters. The van der Waals surface area contributed by atoms with Crippen molar-refractivity contribution in [3.63, 3.8) is 0 Å². The van der Waals surface area contributed by atoms with E-state index in [9.17, 15) is 0 Å². The first-order chi connectivity index (χ1) is 16.5. The summed E-state index contributed by atoms with van der Waals surface area (Å²) in [7, 11) is 4.01. The number of aromatic amines is 1. The highest BCUT2D eigenvalue weighted by Gasteiger charge is 2.39. The number of rotatable bonds is 7. The second-order valence-electron chi connectivity index (χ2n) is 9.52. The summed E-state index contributed by atoms with van der Waals surface area (Å²) < 4.78 is 1.78. The zero-order chi connectivity index (χ0) is 23.7. The van der Waals surface area contributed by atoms with Gasteiger partial charge in [0.2, 0.25) is 5.95 Å². The SMILES string of the molecule is Cc1cc(Nc2cc(-c3cnn(C)c3)nc(N(C)[C@@H]3C[C@H]4CCC[C@@H](C3)N4CCC#N)n2)n[nH]1. The van der Waals surface area contributed by atoms with E-state index >= 15 is 0 Å². The van der Waals surface area contributed by atoms with Gasteiger partial charge in [0, 0.05) is 74.8 Å². The van der Waals surface area contributed by atoms with Gasteiger partial charge in [-0.1, -0.05) is 6.42 Å². The molecule has 5 heterocycles. The van der Waals surface area contributed by atoms with E-state index in [-0.39, 0.29) is 0 Å². The van der Waals surface area contributed by atoms with Crippen LogP contribution in [0, 0.1) is 18.3 Å². The summed E-state index contributed by atoms with van der Waals surface area (Å²) in [5, 5.41) is 24.0.